The summed E-state index contributed by atoms with van der Waals surface area (Å²) in [6.07, 6.45) is 3.43. The van der Waals surface area contributed by atoms with Crippen molar-refractivity contribution in [3.05, 3.63) is 11.1 Å². The van der Waals surface area contributed by atoms with Crippen LogP contribution in [0.4, 0.5) is 0 Å². The van der Waals surface area contributed by atoms with Gasteiger partial charge in [0, 0.05) is 5.57 Å². The van der Waals surface area contributed by atoms with Gasteiger partial charge in [-0.15, -0.1) is 0 Å². The van der Waals surface area contributed by atoms with E-state index in [2.05, 4.69) is 13.8 Å². The third-order valence-electron chi connectivity index (χ3n) is 5.74. The van der Waals surface area contributed by atoms with Crippen LogP contribution in [-0.4, -0.2) is 23.3 Å². The summed E-state index contributed by atoms with van der Waals surface area (Å²) in [4.78, 5) is 11.7. The summed E-state index contributed by atoms with van der Waals surface area (Å²) in [5, 5.41) is 9.96. The van der Waals surface area contributed by atoms with Crippen LogP contribution in [0.25, 0.3) is 0 Å². The molecule has 2 fully saturated rings. The number of hydrogen-bond donors (Lipinski definition) is 1. The van der Waals surface area contributed by atoms with E-state index in [1.54, 1.807) is 0 Å². The normalized spacial score (nSPS) is 47.7. The molecule has 1 heterocycles. The molecule has 1 N–H and O–H groups in total. The summed E-state index contributed by atoms with van der Waals surface area (Å²) in [5.74, 6) is 0.845. The van der Waals surface area contributed by atoms with E-state index in [4.69, 9.17) is 4.74 Å². The van der Waals surface area contributed by atoms with Crippen molar-refractivity contribution in [2.45, 2.75) is 58.7 Å². The average molecular weight is 250 g/mol. The molecule has 0 aromatic heterocycles. The minimum Gasteiger partial charge on any atom is -0.454 e. The zero-order chi connectivity index (χ0) is 13.1. The Balaban J connectivity index is 1.94. The lowest BCUT2D eigenvalue weighted by molar-refractivity contribution is -0.143. The lowest BCUT2D eigenvalue weighted by Crippen LogP contribution is -2.47. The van der Waals surface area contributed by atoms with Crippen LogP contribution < -0.4 is 0 Å². The van der Waals surface area contributed by atoms with Gasteiger partial charge in [-0.3, -0.25) is 0 Å². The molecule has 2 saturated carbocycles. The molecule has 0 saturated heterocycles. The molecule has 0 amide bonds. The van der Waals surface area contributed by atoms with Gasteiger partial charge in [-0.1, -0.05) is 13.8 Å². The van der Waals surface area contributed by atoms with E-state index < -0.39 is 0 Å². The number of aliphatic hydroxyl groups is 1. The first-order valence-electron chi connectivity index (χ1n) is 7.00. The fraction of sp³-hybridized carbons (Fsp3) is 0.800. The predicted molar refractivity (Wildman–Crippen MR) is 67.8 cm³/mol. The molecule has 0 radical (unpaired) electrons. The summed E-state index contributed by atoms with van der Waals surface area (Å²) in [6.45, 7) is 6.46. The van der Waals surface area contributed by atoms with E-state index in [1.807, 2.05) is 6.92 Å². The third kappa shape index (κ3) is 1.56. The second-order valence-electron chi connectivity index (χ2n) is 6.69. The van der Waals surface area contributed by atoms with E-state index in [0.29, 0.717) is 11.8 Å². The lowest BCUT2D eigenvalue weighted by Gasteiger charge is -2.52. The van der Waals surface area contributed by atoms with Crippen LogP contribution in [0.3, 0.4) is 0 Å². The number of ether oxygens (including phenoxy) is 1. The SMILES string of the molecule is CC1=C2CC3(C)C(C)CC(O)CC3CC2OC1=O. The van der Waals surface area contributed by atoms with Gasteiger partial charge in [0.25, 0.3) is 0 Å². The van der Waals surface area contributed by atoms with Crippen LogP contribution in [0.2, 0.25) is 0 Å². The molecule has 3 nitrogen and oxygen atoms in total. The zero-order valence-electron chi connectivity index (χ0n) is 11.4. The highest BCUT2D eigenvalue weighted by Crippen LogP contribution is 2.56. The Labute approximate surface area is 108 Å². The van der Waals surface area contributed by atoms with Gasteiger partial charge in [-0.25, -0.2) is 4.79 Å². The minimum atomic E-state index is -0.179. The van der Waals surface area contributed by atoms with E-state index in [1.165, 1.54) is 5.57 Å². The van der Waals surface area contributed by atoms with Crippen LogP contribution in [0.15, 0.2) is 11.1 Å². The van der Waals surface area contributed by atoms with Crippen molar-refractivity contribution in [1.29, 1.82) is 0 Å². The molecular weight excluding hydrogens is 228 g/mol. The van der Waals surface area contributed by atoms with E-state index in [0.717, 1.165) is 31.3 Å². The zero-order valence-corrected chi connectivity index (χ0v) is 11.4. The van der Waals surface area contributed by atoms with E-state index in [9.17, 15) is 9.90 Å². The fourth-order valence-corrected chi connectivity index (χ4v) is 4.22. The maximum Gasteiger partial charge on any atom is 0.334 e. The molecule has 0 aromatic carbocycles. The van der Waals surface area contributed by atoms with Crippen molar-refractivity contribution < 1.29 is 14.6 Å². The van der Waals surface area contributed by atoms with Crippen LogP contribution in [-0.2, 0) is 9.53 Å². The predicted octanol–water partition coefficient (Wildman–Crippen LogP) is 2.44. The second-order valence-corrected chi connectivity index (χ2v) is 6.69. The summed E-state index contributed by atoms with van der Waals surface area (Å²) in [7, 11) is 0. The summed E-state index contributed by atoms with van der Waals surface area (Å²) in [6, 6.07) is 0. The molecule has 0 spiro atoms. The molecule has 3 rings (SSSR count). The van der Waals surface area contributed by atoms with Crippen molar-refractivity contribution in [3.63, 3.8) is 0 Å². The van der Waals surface area contributed by atoms with E-state index >= 15 is 0 Å². The highest BCUT2D eigenvalue weighted by atomic mass is 16.5. The Morgan fingerprint density at radius 3 is 2.78 bits per heavy atom. The Kier molecular flexibility index (Phi) is 2.60. The summed E-state index contributed by atoms with van der Waals surface area (Å²) >= 11 is 0. The molecule has 0 bridgehead atoms. The summed E-state index contributed by atoms with van der Waals surface area (Å²) in [5.41, 5.74) is 2.28. The van der Waals surface area contributed by atoms with E-state index in [-0.39, 0.29) is 23.6 Å². The number of carbonyl (C=O) groups is 1. The highest BCUT2D eigenvalue weighted by Gasteiger charge is 2.52. The van der Waals surface area contributed by atoms with Gasteiger partial charge in [-0.2, -0.15) is 0 Å². The molecule has 18 heavy (non-hydrogen) atoms. The topological polar surface area (TPSA) is 46.5 Å². The number of carbonyl (C=O) groups excluding carboxylic acids is 1. The van der Waals surface area contributed by atoms with Gasteiger partial charge in [0.1, 0.15) is 6.10 Å². The molecule has 3 aliphatic rings. The van der Waals surface area contributed by atoms with Crippen LogP contribution >= 0.6 is 0 Å². The van der Waals surface area contributed by atoms with Crippen molar-refractivity contribution in [2.75, 3.05) is 0 Å². The second kappa shape index (κ2) is 3.83. The Morgan fingerprint density at radius 1 is 1.33 bits per heavy atom. The first kappa shape index (κ1) is 12.2. The molecule has 2 aliphatic carbocycles. The molecular formula is C15H22O3. The van der Waals surface area contributed by atoms with Gasteiger partial charge < -0.3 is 9.84 Å². The highest BCUT2D eigenvalue weighted by molar-refractivity contribution is 5.91. The largest absolute Gasteiger partial charge is 0.454 e. The standard InChI is InChI=1S/C15H22O3/c1-8-4-11(16)5-10-6-13-12(7-15(8,10)3)9(2)14(17)18-13/h8,10-11,13,16H,4-7H2,1-3H3. The first-order chi connectivity index (χ1) is 8.41. The monoisotopic (exact) mass is 250 g/mol. The molecule has 5 unspecified atom stereocenters. The first-order valence-corrected chi connectivity index (χ1v) is 7.00. The van der Waals surface area contributed by atoms with Gasteiger partial charge >= 0.3 is 5.97 Å². The smallest absolute Gasteiger partial charge is 0.334 e. The van der Waals surface area contributed by atoms with Crippen molar-refractivity contribution in [1.82, 2.24) is 0 Å². The van der Waals surface area contributed by atoms with Crippen LogP contribution in [0.5, 0.6) is 0 Å². The van der Waals surface area contributed by atoms with Crippen LogP contribution in [0.1, 0.15) is 46.5 Å². The van der Waals surface area contributed by atoms with Gasteiger partial charge in [0.2, 0.25) is 0 Å². The minimum absolute atomic E-state index is 0.00641. The molecule has 100 valence electrons. The van der Waals surface area contributed by atoms with Gasteiger partial charge in [0.15, 0.2) is 0 Å². The Hall–Kier alpha value is -0.830. The lowest BCUT2D eigenvalue weighted by atomic mass is 9.54. The third-order valence-corrected chi connectivity index (χ3v) is 5.74. The number of fused-ring (bicyclic) bond motifs is 2. The maximum atomic E-state index is 11.7. The number of rotatable bonds is 0. The molecule has 5 atom stereocenters. The van der Waals surface area contributed by atoms with Crippen molar-refractivity contribution in [3.8, 4) is 0 Å². The fourth-order valence-electron chi connectivity index (χ4n) is 4.22. The van der Waals surface area contributed by atoms with Crippen LogP contribution in [0, 0.1) is 17.3 Å². The quantitative estimate of drug-likeness (QED) is 0.672. The average Bonchev–Trinajstić information content (AvgIpc) is 2.54. The molecule has 3 heteroatoms. The van der Waals surface area contributed by atoms with Crippen molar-refractivity contribution in [2.24, 2.45) is 17.3 Å². The number of aliphatic hydroxyl groups excluding tert-OH is 1. The molecule has 0 aromatic rings. The number of esters is 1. The molecule has 1 aliphatic heterocycles. The van der Waals surface area contributed by atoms with Crippen molar-refractivity contribution >= 4 is 5.97 Å². The number of hydrogen-bond acceptors (Lipinski definition) is 3. The van der Waals surface area contributed by atoms with Gasteiger partial charge in [0.05, 0.1) is 6.10 Å². The Bertz CT molecular complexity index is 425. The maximum absolute atomic E-state index is 11.7. The van der Waals surface area contributed by atoms with Gasteiger partial charge in [-0.05, 0) is 55.4 Å². The Morgan fingerprint density at radius 2 is 2.06 bits per heavy atom. The summed E-state index contributed by atoms with van der Waals surface area (Å²) < 4.78 is 5.45.